The minimum atomic E-state index is -1.07. The standard InChI is InChI=1S/C19H20N4O7/c24-13-7-6-12(17(28)22-13)23-18(29)10-3-1-4-11(16(10)19(23)30)21-9-14(25)20-8-2-5-15(26)27/h1,3-4,12,21H,2,5-9H2,(H,20,25)(H,26,27)(H,22,24,28). The van der Waals surface area contributed by atoms with E-state index in [4.69, 9.17) is 5.11 Å². The molecule has 11 heteroatoms. The van der Waals surface area contributed by atoms with Gasteiger partial charge >= 0.3 is 5.97 Å². The van der Waals surface area contributed by atoms with E-state index in [1.165, 1.54) is 12.1 Å². The van der Waals surface area contributed by atoms with Crippen LogP contribution in [0.3, 0.4) is 0 Å². The number of carbonyl (C=O) groups is 6. The Kier molecular flexibility index (Phi) is 6.09. The number of rotatable bonds is 8. The van der Waals surface area contributed by atoms with Gasteiger partial charge in [0.15, 0.2) is 0 Å². The molecule has 1 aromatic carbocycles. The van der Waals surface area contributed by atoms with Gasteiger partial charge in [0.25, 0.3) is 11.8 Å². The van der Waals surface area contributed by atoms with Gasteiger partial charge < -0.3 is 15.7 Å². The zero-order valence-corrected chi connectivity index (χ0v) is 15.9. The lowest BCUT2D eigenvalue weighted by molar-refractivity contribution is -0.138. The number of hydrogen-bond donors (Lipinski definition) is 4. The zero-order chi connectivity index (χ0) is 21.8. The maximum absolute atomic E-state index is 12.9. The Bertz CT molecular complexity index is 943. The fourth-order valence-corrected chi connectivity index (χ4v) is 3.37. The first-order valence-corrected chi connectivity index (χ1v) is 9.36. The summed E-state index contributed by atoms with van der Waals surface area (Å²) in [6.07, 6.45) is 0.303. The van der Waals surface area contributed by atoms with Gasteiger partial charge in [-0.05, 0) is 25.0 Å². The van der Waals surface area contributed by atoms with Gasteiger partial charge in [-0.15, -0.1) is 0 Å². The maximum atomic E-state index is 12.9. The highest BCUT2D eigenvalue weighted by molar-refractivity contribution is 6.25. The van der Waals surface area contributed by atoms with E-state index in [1.54, 1.807) is 6.07 Å². The Balaban J connectivity index is 1.68. The maximum Gasteiger partial charge on any atom is 0.303 e. The molecule has 0 bridgehead atoms. The van der Waals surface area contributed by atoms with Crippen LogP contribution in [-0.2, 0) is 19.2 Å². The number of anilines is 1. The van der Waals surface area contributed by atoms with Gasteiger partial charge in [0.05, 0.1) is 17.7 Å². The average molecular weight is 416 g/mol. The van der Waals surface area contributed by atoms with Crippen molar-refractivity contribution < 1.29 is 33.9 Å². The molecule has 1 saturated heterocycles. The number of carboxylic acids is 1. The first-order valence-electron chi connectivity index (χ1n) is 9.36. The average Bonchev–Trinajstić information content (AvgIpc) is 2.95. The van der Waals surface area contributed by atoms with E-state index in [1.807, 2.05) is 0 Å². The smallest absolute Gasteiger partial charge is 0.303 e. The molecule has 5 amide bonds. The van der Waals surface area contributed by atoms with E-state index in [0.29, 0.717) is 0 Å². The molecule has 2 aliphatic heterocycles. The number of carbonyl (C=O) groups excluding carboxylic acids is 5. The Labute approximate surface area is 170 Å². The summed E-state index contributed by atoms with van der Waals surface area (Å²) in [5.41, 5.74) is 0.434. The summed E-state index contributed by atoms with van der Waals surface area (Å²) < 4.78 is 0. The van der Waals surface area contributed by atoms with Crippen LogP contribution in [0, 0.1) is 0 Å². The molecule has 30 heavy (non-hydrogen) atoms. The molecule has 11 nitrogen and oxygen atoms in total. The number of amides is 5. The van der Waals surface area contributed by atoms with Gasteiger partial charge in [-0.1, -0.05) is 6.07 Å². The molecule has 1 aromatic rings. The van der Waals surface area contributed by atoms with Gasteiger partial charge in [0, 0.05) is 25.1 Å². The molecule has 4 N–H and O–H groups in total. The summed E-state index contributed by atoms with van der Waals surface area (Å²) in [7, 11) is 0. The quantitative estimate of drug-likeness (QED) is 0.325. The van der Waals surface area contributed by atoms with Crippen molar-refractivity contribution in [1.82, 2.24) is 15.5 Å². The van der Waals surface area contributed by atoms with Gasteiger partial charge in [0.2, 0.25) is 17.7 Å². The fourth-order valence-electron chi connectivity index (χ4n) is 3.37. The van der Waals surface area contributed by atoms with Crippen molar-refractivity contribution in [2.75, 3.05) is 18.4 Å². The number of imide groups is 2. The highest BCUT2D eigenvalue weighted by Gasteiger charge is 2.45. The third kappa shape index (κ3) is 4.29. The van der Waals surface area contributed by atoms with Crippen molar-refractivity contribution in [3.63, 3.8) is 0 Å². The topological polar surface area (TPSA) is 162 Å². The molecule has 0 spiro atoms. The zero-order valence-electron chi connectivity index (χ0n) is 15.9. The summed E-state index contributed by atoms with van der Waals surface area (Å²) in [4.78, 5) is 72.4. The summed E-state index contributed by atoms with van der Waals surface area (Å²) >= 11 is 0. The van der Waals surface area contributed by atoms with E-state index in [9.17, 15) is 28.8 Å². The van der Waals surface area contributed by atoms with Crippen LogP contribution in [0.2, 0.25) is 0 Å². The van der Waals surface area contributed by atoms with E-state index in [0.717, 1.165) is 4.90 Å². The molecule has 1 fully saturated rings. The van der Waals surface area contributed by atoms with Crippen molar-refractivity contribution in [1.29, 1.82) is 0 Å². The van der Waals surface area contributed by atoms with Crippen LogP contribution >= 0.6 is 0 Å². The Morgan fingerprint density at radius 3 is 2.63 bits per heavy atom. The molecule has 0 saturated carbocycles. The predicted octanol–water partition coefficient (Wildman–Crippen LogP) is -0.519. The normalized spacial score (nSPS) is 18.1. The number of carboxylic acid groups (broad SMARTS) is 1. The molecular formula is C19H20N4O7. The lowest BCUT2D eigenvalue weighted by Gasteiger charge is -2.27. The third-order valence-electron chi connectivity index (χ3n) is 4.80. The number of hydrogen-bond acceptors (Lipinski definition) is 7. The number of piperidine rings is 1. The van der Waals surface area contributed by atoms with Gasteiger partial charge in [-0.2, -0.15) is 0 Å². The van der Waals surface area contributed by atoms with Crippen LogP contribution < -0.4 is 16.0 Å². The molecule has 0 aliphatic carbocycles. The van der Waals surface area contributed by atoms with Crippen LogP contribution in [0.5, 0.6) is 0 Å². The van der Waals surface area contributed by atoms with E-state index >= 15 is 0 Å². The molecule has 0 radical (unpaired) electrons. The first-order chi connectivity index (χ1) is 14.3. The number of nitrogens with zero attached hydrogens (tertiary/aromatic N) is 1. The summed E-state index contributed by atoms with van der Waals surface area (Å²) in [5.74, 6) is -3.82. The number of fused-ring (bicyclic) bond motifs is 1. The summed E-state index contributed by atoms with van der Waals surface area (Å²) in [6, 6.07) is 3.47. The van der Waals surface area contributed by atoms with Gasteiger partial charge in [-0.3, -0.25) is 39.0 Å². The van der Waals surface area contributed by atoms with Crippen molar-refractivity contribution in [2.24, 2.45) is 0 Å². The number of aliphatic carboxylic acids is 1. The van der Waals surface area contributed by atoms with Crippen molar-refractivity contribution >= 4 is 41.2 Å². The number of nitrogens with one attached hydrogen (secondary N) is 3. The van der Waals surface area contributed by atoms with Crippen molar-refractivity contribution in [2.45, 2.75) is 31.7 Å². The molecule has 2 aliphatic rings. The second-order valence-electron chi connectivity index (χ2n) is 6.88. The fraction of sp³-hybridized carbons (Fsp3) is 0.368. The van der Waals surface area contributed by atoms with E-state index in [-0.39, 0.29) is 55.6 Å². The van der Waals surface area contributed by atoms with E-state index in [2.05, 4.69) is 16.0 Å². The van der Waals surface area contributed by atoms with Crippen molar-refractivity contribution in [3.8, 4) is 0 Å². The molecular weight excluding hydrogens is 396 g/mol. The molecule has 0 aromatic heterocycles. The number of benzene rings is 1. The van der Waals surface area contributed by atoms with Crippen LogP contribution in [0.4, 0.5) is 5.69 Å². The molecule has 2 heterocycles. The minimum Gasteiger partial charge on any atom is -0.481 e. The highest BCUT2D eigenvalue weighted by Crippen LogP contribution is 2.32. The molecule has 1 atom stereocenters. The molecule has 1 unspecified atom stereocenters. The van der Waals surface area contributed by atoms with Crippen LogP contribution in [-0.4, -0.2) is 64.6 Å². The van der Waals surface area contributed by atoms with Crippen LogP contribution in [0.15, 0.2) is 18.2 Å². The van der Waals surface area contributed by atoms with Gasteiger partial charge in [-0.25, -0.2) is 0 Å². The summed E-state index contributed by atoms with van der Waals surface area (Å²) in [5, 5.41) is 16.1. The van der Waals surface area contributed by atoms with Crippen LogP contribution in [0.1, 0.15) is 46.4 Å². The van der Waals surface area contributed by atoms with Crippen LogP contribution in [0.25, 0.3) is 0 Å². The Hall–Kier alpha value is -3.76. The first kappa shape index (κ1) is 21.0. The van der Waals surface area contributed by atoms with Crippen molar-refractivity contribution in [3.05, 3.63) is 29.3 Å². The summed E-state index contributed by atoms with van der Waals surface area (Å²) in [6.45, 7) is 0.00380. The highest BCUT2D eigenvalue weighted by atomic mass is 16.4. The second kappa shape index (κ2) is 8.72. The predicted molar refractivity (Wildman–Crippen MR) is 101 cm³/mol. The molecule has 3 rings (SSSR count). The minimum absolute atomic E-state index is 0.0248. The SMILES string of the molecule is O=C(O)CCCNC(=O)CNc1cccc2c1C(=O)N(C1CCC(=O)NC1=O)C2=O. The van der Waals surface area contributed by atoms with E-state index < -0.39 is 41.5 Å². The lowest BCUT2D eigenvalue weighted by atomic mass is 10.0. The monoisotopic (exact) mass is 416 g/mol. The second-order valence-corrected chi connectivity index (χ2v) is 6.88. The largest absolute Gasteiger partial charge is 0.481 e. The Morgan fingerprint density at radius 2 is 1.93 bits per heavy atom. The lowest BCUT2D eigenvalue weighted by Crippen LogP contribution is -2.54. The Morgan fingerprint density at radius 1 is 1.17 bits per heavy atom. The molecule has 158 valence electrons. The van der Waals surface area contributed by atoms with Gasteiger partial charge in [0.1, 0.15) is 6.04 Å². The third-order valence-corrected chi connectivity index (χ3v) is 4.80.